The Morgan fingerprint density at radius 2 is 1.58 bits per heavy atom. The van der Waals surface area contributed by atoms with Crippen LogP contribution in [0, 0.1) is 5.92 Å². The van der Waals surface area contributed by atoms with E-state index < -0.39 is 0 Å². The van der Waals surface area contributed by atoms with E-state index in [9.17, 15) is 4.79 Å². The zero-order valence-corrected chi connectivity index (χ0v) is 18.4. The normalized spacial score (nSPS) is 10.6. The number of rotatable bonds is 10. The first-order valence-electron chi connectivity index (χ1n) is 10.6. The predicted molar refractivity (Wildman–Crippen MR) is 126 cm³/mol. The number of benzene rings is 3. The van der Waals surface area contributed by atoms with E-state index in [1.807, 2.05) is 93.6 Å². The SMILES string of the molecule is CCOc1cccc(CNc2ccc(NC(=O)C(C)C)cc2)c1OCc1ccccc1. The molecule has 0 unspecified atom stereocenters. The van der Waals surface area contributed by atoms with Gasteiger partial charge in [0.1, 0.15) is 6.61 Å². The van der Waals surface area contributed by atoms with Gasteiger partial charge >= 0.3 is 0 Å². The smallest absolute Gasteiger partial charge is 0.226 e. The molecule has 31 heavy (non-hydrogen) atoms. The Hall–Kier alpha value is -3.47. The van der Waals surface area contributed by atoms with Gasteiger partial charge in [-0.2, -0.15) is 0 Å². The summed E-state index contributed by atoms with van der Waals surface area (Å²) in [6, 6.07) is 23.7. The molecule has 0 fully saturated rings. The first-order chi connectivity index (χ1) is 15.1. The minimum absolute atomic E-state index is 0.00801. The minimum atomic E-state index is -0.0512. The molecule has 0 heterocycles. The Morgan fingerprint density at radius 1 is 0.871 bits per heavy atom. The van der Waals surface area contributed by atoms with E-state index in [0.29, 0.717) is 19.8 Å². The molecule has 3 aromatic rings. The van der Waals surface area contributed by atoms with Gasteiger partial charge in [-0.1, -0.05) is 56.3 Å². The summed E-state index contributed by atoms with van der Waals surface area (Å²) in [6.07, 6.45) is 0. The van der Waals surface area contributed by atoms with Gasteiger partial charge in [0.2, 0.25) is 5.91 Å². The Bertz CT molecular complexity index is 970. The highest BCUT2D eigenvalue weighted by molar-refractivity contribution is 5.92. The molecule has 1 amide bonds. The predicted octanol–water partition coefficient (Wildman–Crippen LogP) is 5.87. The molecule has 0 spiro atoms. The summed E-state index contributed by atoms with van der Waals surface area (Å²) in [5, 5.41) is 6.33. The van der Waals surface area contributed by atoms with E-state index in [2.05, 4.69) is 10.6 Å². The van der Waals surface area contributed by atoms with Crippen molar-refractivity contribution < 1.29 is 14.3 Å². The average Bonchev–Trinajstić information content (AvgIpc) is 2.78. The van der Waals surface area contributed by atoms with Crippen LogP contribution >= 0.6 is 0 Å². The second kappa shape index (κ2) is 11.1. The molecule has 0 aromatic heterocycles. The van der Waals surface area contributed by atoms with Gasteiger partial charge in [0, 0.05) is 29.4 Å². The lowest BCUT2D eigenvalue weighted by molar-refractivity contribution is -0.118. The quantitative estimate of drug-likeness (QED) is 0.432. The van der Waals surface area contributed by atoms with Crippen LogP contribution in [0.5, 0.6) is 11.5 Å². The third-order valence-corrected chi connectivity index (χ3v) is 4.75. The van der Waals surface area contributed by atoms with Gasteiger partial charge in [-0.05, 0) is 42.8 Å². The van der Waals surface area contributed by atoms with E-state index in [1.165, 1.54) is 0 Å². The van der Waals surface area contributed by atoms with Crippen molar-refractivity contribution in [2.24, 2.45) is 5.92 Å². The van der Waals surface area contributed by atoms with Crippen molar-refractivity contribution in [3.63, 3.8) is 0 Å². The molecule has 3 aromatic carbocycles. The first kappa shape index (κ1) is 22.2. The molecule has 5 nitrogen and oxygen atoms in total. The highest BCUT2D eigenvalue weighted by atomic mass is 16.5. The van der Waals surface area contributed by atoms with E-state index in [4.69, 9.17) is 9.47 Å². The molecule has 0 aliphatic rings. The van der Waals surface area contributed by atoms with Crippen LogP contribution in [0.2, 0.25) is 0 Å². The van der Waals surface area contributed by atoms with Crippen molar-refractivity contribution in [3.8, 4) is 11.5 Å². The van der Waals surface area contributed by atoms with E-state index in [-0.39, 0.29) is 11.8 Å². The Morgan fingerprint density at radius 3 is 2.26 bits per heavy atom. The topological polar surface area (TPSA) is 59.6 Å². The number of amides is 1. The summed E-state index contributed by atoms with van der Waals surface area (Å²) in [7, 11) is 0. The Balaban J connectivity index is 1.69. The molecule has 5 heteroatoms. The summed E-state index contributed by atoms with van der Waals surface area (Å²) in [6.45, 7) is 7.34. The fraction of sp³-hybridized carbons (Fsp3) is 0.269. The van der Waals surface area contributed by atoms with Gasteiger partial charge in [-0.3, -0.25) is 4.79 Å². The third kappa shape index (κ3) is 6.51. The Kier molecular flexibility index (Phi) is 7.93. The number of para-hydroxylation sites is 1. The van der Waals surface area contributed by atoms with Crippen LogP contribution in [0.3, 0.4) is 0 Å². The molecular weight excluding hydrogens is 388 g/mol. The monoisotopic (exact) mass is 418 g/mol. The van der Waals surface area contributed by atoms with E-state index >= 15 is 0 Å². The number of anilines is 2. The van der Waals surface area contributed by atoms with Crippen molar-refractivity contribution in [3.05, 3.63) is 83.9 Å². The number of ether oxygens (including phenoxy) is 2. The standard InChI is InChI=1S/C26H30N2O3/c1-4-30-24-12-8-11-21(25(24)31-18-20-9-6-5-7-10-20)17-27-22-13-15-23(16-14-22)28-26(29)19(2)3/h5-16,19,27H,4,17-18H2,1-3H3,(H,28,29). The fourth-order valence-electron chi connectivity index (χ4n) is 3.02. The van der Waals surface area contributed by atoms with Crippen LogP contribution in [0.25, 0.3) is 0 Å². The van der Waals surface area contributed by atoms with Crippen molar-refractivity contribution in [2.45, 2.75) is 33.9 Å². The van der Waals surface area contributed by atoms with Gasteiger partial charge in [0.15, 0.2) is 11.5 Å². The third-order valence-electron chi connectivity index (χ3n) is 4.75. The summed E-state index contributed by atoms with van der Waals surface area (Å²) in [5.41, 5.74) is 3.86. The fourth-order valence-corrected chi connectivity index (χ4v) is 3.02. The van der Waals surface area contributed by atoms with Crippen molar-refractivity contribution in [1.29, 1.82) is 0 Å². The van der Waals surface area contributed by atoms with Crippen molar-refractivity contribution in [2.75, 3.05) is 17.2 Å². The number of carbonyl (C=O) groups excluding carboxylic acids is 1. The van der Waals surface area contributed by atoms with Crippen LogP contribution in [-0.2, 0) is 17.9 Å². The lowest BCUT2D eigenvalue weighted by Crippen LogP contribution is -2.17. The Labute approximate surface area is 184 Å². The molecule has 0 atom stereocenters. The summed E-state index contributed by atoms with van der Waals surface area (Å²) < 4.78 is 12.0. The summed E-state index contributed by atoms with van der Waals surface area (Å²) in [5.74, 6) is 1.45. The first-order valence-corrected chi connectivity index (χ1v) is 10.6. The van der Waals surface area contributed by atoms with Gasteiger partial charge in [0.25, 0.3) is 0 Å². The highest BCUT2D eigenvalue weighted by Crippen LogP contribution is 2.33. The van der Waals surface area contributed by atoms with Crippen LogP contribution in [0.15, 0.2) is 72.8 Å². The highest BCUT2D eigenvalue weighted by Gasteiger charge is 2.12. The lowest BCUT2D eigenvalue weighted by Gasteiger charge is -2.17. The number of carbonyl (C=O) groups is 1. The molecule has 0 aliphatic heterocycles. The summed E-state index contributed by atoms with van der Waals surface area (Å²) in [4.78, 5) is 11.8. The second-order valence-corrected chi connectivity index (χ2v) is 7.53. The molecule has 0 bridgehead atoms. The van der Waals surface area contributed by atoms with Crippen molar-refractivity contribution in [1.82, 2.24) is 0 Å². The molecule has 0 saturated carbocycles. The molecular formula is C26H30N2O3. The minimum Gasteiger partial charge on any atom is -0.490 e. The lowest BCUT2D eigenvalue weighted by atomic mass is 10.1. The van der Waals surface area contributed by atoms with Crippen molar-refractivity contribution >= 4 is 17.3 Å². The average molecular weight is 419 g/mol. The number of nitrogens with one attached hydrogen (secondary N) is 2. The second-order valence-electron chi connectivity index (χ2n) is 7.53. The maximum Gasteiger partial charge on any atom is 0.226 e. The molecule has 0 saturated heterocycles. The molecule has 162 valence electrons. The number of hydrogen-bond donors (Lipinski definition) is 2. The van der Waals surface area contributed by atoms with Crippen LogP contribution in [-0.4, -0.2) is 12.5 Å². The zero-order valence-electron chi connectivity index (χ0n) is 18.4. The van der Waals surface area contributed by atoms with Gasteiger partial charge in [-0.25, -0.2) is 0 Å². The molecule has 3 rings (SSSR count). The maximum absolute atomic E-state index is 11.8. The van der Waals surface area contributed by atoms with Gasteiger partial charge in [-0.15, -0.1) is 0 Å². The zero-order chi connectivity index (χ0) is 22.1. The maximum atomic E-state index is 11.8. The molecule has 0 radical (unpaired) electrons. The largest absolute Gasteiger partial charge is 0.490 e. The van der Waals surface area contributed by atoms with Crippen LogP contribution in [0.1, 0.15) is 31.9 Å². The van der Waals surface area contributed by atoms with Crippen LogP contribution in [0.4, 0.5) is 11.4 Å². The molecule has 2 N–H and O–H groups in total. The van der Waals surface area contributed by atoms with E-state index in [0.717, 1.165) is 34.0 Å². The van der Waals surface area contributed by atoms with Crippen LogP contribution < -0.4 is 20.1 Å². The number of hydrogen-bond acceptors (Lipinski definition) is 4. The molecule has 0 aliphatic carbocycles. The van der Waals surface area contributed by atoms with Gasteiger partial charge in [0.05, 0.1) is 6.61 Å². The summed E-state index contributed by atoms with van der Waals surface area (Å²) >= 11 is 0. The van der Waals surface area contributed by atoms with Gasteiger partial charge < -0.3 is 20.1 Å². The van der Waals surface area contributed by atoms with E-state index in [1.54, 1.807) is 0 Å².